The Hall–Kier alpha value is -0.830. The standard InChI is InChI=1S/C18H27N3/c1-21-16-3-2-14(19)7-15(16)20-17(21)18-8-11-4-12(9-18)6-13(5-11)10-18/h11-14H,2-10,19H2,1H3. The van der Waals surface area contributed by atoms with E-state index in [1.54, 1.807) is 0 Å². The molecule has 0 aliphatic heterocycles. The van der Waals surface area contributed by atoms with Gasteiger partial charge in [0.05, 0.1) is 5.69 Å². The van der Waals surface area contributed by atoms with Crippen LogP contribution in [0.25, 0.3) is 0 Å². The zero-order valence-corrected chi connectivity index (χ0v) is 13.1. The van der Waals surface area contributed by atoms with Crippen molar-refractivity contribution in [3.63, 3.8) is 0 Å². The summed E-state index contributed by atoms with van der Waals surface area (Å²) in [6.45, 7) is 0. The number of nitrogens with zero attached hydrogens (tertiary/aromatic N) is 2. The molecule has 6 rings (SSSR count). The normalized spacial score (nSPS) is 44.1. The van der Waals surface area contributed by atoms with Crippen molar-refractivity contribution in [3.05, 3.63) is 17.2 Å². The van der Waals surface area contributed by atoms with E-state index in [1.165, 1.54) is 55.7 Å². The highest BCUT2D eigenvalue weighted by atomic mass is 15.1. The third kappa shape index (κ3) is 1.73. The molecule has 1 unspecified atom stereocenters. The van der Waals surface area contributed by atoms with Crippen LogP contribution in [-0.4, -0.2) is 15.6 Å². The zero-order valence-electron chi connectivity index (χ0n) is 13.1. The fraction of sp³-hybridized carbons (Fsp3) is 0.833. The van der Waals surface area contributed by atoms with Crippen molar-refractivity contribution in [1.29, 1.82) is 0 Å². The summed E-state index contributed by atoms with van der Waals surface area (Å²) in [6.07, 6.45) is 12.0. The van der Waals surface area contributed by atoms with Crippen LogP contribution >= 0.6 is 0 Å². The molecular formula is C18H27N3. The average molecular weight is 285 g/mol. The van der Waals surface area contributed by atoms with E-state index < -0.39 is 0 Å². The van der Waals surface area contributed by atoms with E-state index in [-0.39, 0.29) is 0 Å². The van der Waals surface area contributed by atoms with Gasteiger partial charge >= 0.3 is 0 Å². The van der Waals surface area contributed by atoms with Gasteiger partial charge in [-0.3, -0.25) is 0 Å². The van der Waals surface area contributed by atoms with Crippen LogP contribution in [0.5, 0.6) is 0 Å². The lowest BCUT2D eigenvalue weighted by molar-refractivity contribution is -0.0107. The Labute approximate surface area is 127 Å². The van der Waals surface area contributed by atoms with E-state index in [1.807, 2.05) is 0 Å². The summed E-state index contributed by atoms with van der Waals surface area (Å²) < 4.78 is 2.48. The number of nitrogens with two attached hydrogens (primary N) is 1. The Morgan fingerprint density at radius 3 is 2.33 bits per heavy atom. The van der Waals surface area contributed by atoms with Crippen LogP contribution in [0.15, 0.2) is 0 Å². The van der Waals surface area contributed by atoms with Gasteiger partial charge in [-0.2, -0.15) is 0 Å². The minimum absolute atomic E-state index is 0.330. The summed E-state index contributed by atoms with van der Waals surface area (Å²) in [6, 6.07) is 0.330. The zero-order chi connectivity index (χ0) is 14.2. The monoisotopic (exact) mass is 285 g/mol. The Morgan fingerprint density at radius 1 is 1.10 bits per heavy atom. The lowest BCUT2D eigenvalue weighted by atomic mass is 9.49. The van der Waals surface area contributed by atoms with Crippen LogP contribution in [0.4, 0.5) is 0 Å². The first kappa shape index (κ1) is 12.7. The number of imidazole rings is 1. The maximum atomic E-state index is 6.17. The summed E-state index contributed by atoms with van der Waals surface area (Å²) >= 11 is 0. The highest BCUT2D eigenvalue weighted by molar-refractivity contribution is 5.28. The molecule has 0 spiro atoms. The Balaban J connectivity index is 1.59. The smallest absolute Gasteiger partial charge is 0.115 e. The van der Waals surface area contributed by atoms with Crippen molar-refractivity contribution < 1.29 is 0 Å². The molecule has 5 aliphatic carbocycles. The highest BCUT2D eigenvalue weighted by Crippen LogP contribution is 2.60. The summed E-state index contributed by atoms with van der Waals surface area (Å²) in [7, 11) is 2.27. The topological polar surface area (TPSA) is 43.8 Å². The van der Waals surface area contributed by atoms with Crippen molar-refractivity contribution in [2.75, 3.05) is 0 Å². The molecule has 0 saturated heterocycles. The predicted octanol–water partition coefficient (Wildman–Crippen LogP) is 2.70. The molecule has 0 aromatic carbocycles. The van der Waals surface area contributed by atoms with Gasteiger partial charge in [0.2, 0.25) is 0 Å². The van der Waals surface area contributed by atoms with Crippen molar-refractivity contribution in [2.24, 2.45) is 30.5 Å². The van der Waals surface area contributed by atoms with Gasteiger partial charge in [-0.05, 0) is 69.1 Å². The van der Waals surface area contributed by atoms with Gasteiger partial charge in [-0.1, -0.05) is 0 Å². The minimum Gasteiger partial charge on any atom is -0.334 e. The van der Waals surface area contributed by atoms with Gasteiger partial charge in [-0.25, -0.2) is 4.98 Å². The maximum Gasteiger partial charge on any atom is 0.115 e. The van der Waals surface area contributed by atoms with Crippen LogP contribution in [0.3, 0.4) is 0 Å². The molecule has 114 valence electrons. The van der Waals surface area contributed by atoms with E-state index in [2.05, 4.69) is 11.6 Å². The van der Waals surface area contributed by atoms with E-state index in [0.29, 0.717) is 11.5 Å². The van der Waals surface area contributed by atoms with Gasteiger partial charge in [0.25, 0.3) is 0 Å². The molecule has 4 bridgehead atoms. The number of rotatable bonds is 1. The van der Waals surface area contributed by atoms with Crippen molar-refractivity contribution in [1.82, 2.24) is 9.55 Å². The molecule has 1 heterocycles. The molecule has 1 atom stereocenters. The lowest BCUT2D eigenvalue weighted by Crippen LogP contribution is -2.49. The molecule has 5 aliphatic rings. The second kappa shape index (κ2) is 4.13. The lowest BCUT2D eigenvalue weighted by Gasteiger charge is -2.56. The quantitative estimate of drug-likeness (QED) is 0.862. The first-order valence-electron chi connectivity index (χ1n) is 8.93. The number of fused-ring (bicyclic) bond motifs is 1. The Kier molecular flexibility index (Phi) is 2.49. The number of hydrogen-bond donors (Lipinski definition) is 1. The van der Waals surface area contributed by atoms with Gasteiger partial charge in [-0.15, -0.1) is 0 Å². The molecule has 1 aromatic heterocycles. The SMILES string of the molecule is Cn1c(C23CC4CC(CC(C4)C2)C3)nc2c1CCC(N)C2. The van der Waals surface area contributed by atoms with Crippen molar-refractivity contribution in [3.8, 4) is 0 Å². The molecule has 2 N–H and O–H groups in total. The Morgan fingerprint density at radius 2 is 1.71 bits per heavy atom. The minimum atomic E-state index is 0.330. The molecule has 0 amide bonds. The molecule has 4 fully saturated rings. The van der Waals surface area contributed by atoms with Crippen LogP contribution < -0.4 is 5.73 Å². The number of aromatic nitrogens is 2. The second-order valence-electron chi connectivity index (χ2n) is 8.59. The third-order valence-corrected chi connectivity index (χ3v) is 7.02. The van der Waals surface area contributed by atoms with Crippen LogP contribution in [0, 0.1) is 17.8 Å². The summed E-state index contributed by atoms with van der Waals surface area (Å²) in [5.74, 6) is 4.41. The molecule has 21 heavy (non-hydrogen) atoms. The highest BCUT2D eigenvalue weighted by Gasteiger charge is 2.53. The summed E-state index contributed by atoms with van der Waals surface area (Å²) in [5, 5.41) is 0. The maximum absolute atomic E-state index is 6.17. The van der Waals surface area contributed by atoms with Crippen molar-refractivity contribution >= 4 is 0 Å². The van der Waals surface area contributed by atoms with Crippen LogP contribution in [0.1, 0.15) is 62.2 Å². The second-order valence-corrected chi connectivity index (χ2v) is 8.59. The van der Waals surface area contributed by atoms with Crippen LogP contribution in [0.2, 0.25) is 0 Å². The van der Waals surface area contributed by atoms with E-state index in [0.717, 1.165) is 37.0 Å². The molecule has 0 radical (unpaired) electrons. The molecule has 3 nitrogen and oxygen atoms in total. The molecule has 1 aromatic rings. The first-order valence-corrected chi connectivity index (χ1v) is 8.93. The van der Waals surface area contributed by atoms with Gasteiger partial charge in [0.15, 0.2) is 0 Å². The average Bonchev–Trinajstić information content (AvgIpc) is 2.74. The first-order chi connectivity index (χ1) is 10.1. The summed E-state index contributed by atoms with van der Waals surface area (Å²) in [4.78, 5) is 5.17. The van der Waals surface area contributed by atoms with E-state index >= 15 is 0 Å². The largest absolute Gasteiger partial charge is 0.334 e. The number of hydrogen-bond acceptors (Lipinski definition) is 2. The molecule has 4 saturated carbocycles. The van der Waals surface area contributed by atoms with Crippen molar-refractivity contribution in [2.45, 2.75) is 69.2 Å². The van der Waals surface area contributed by atoms with E-state index in [4.69, 9.17) is 10.7 Å². The molecular weight excluding hydrogens is 258 g/mol. The summed E-state index contributed by atoms with van der Waals surface area (Å²) in [5.41, 5.74) is 9.40. The van der Waals surface area contributed by atoms with Gasteiger partial charge in [0.1, 0.15) is 5.82 Å². The fourth-order valence-electron chi connectivity index (χ4n) is 6.60. The molecule has 3 heteroatoms. The fourth-order valence-corrected chi connectivity index (χ4v) is 6.60. The Bertz CT molecular complexity index is 550. The predicted molar refractivity (Wildman–Crippen MR) is 83.1 cm³/mol. The third-order valence-electron chi connectivity index (χ3n) is 7.02. The van der Waals surface area contributed by atoms with Gasteiger partial charge < -0.3 is 10.3 Å². The van der Waals surface area contributed by atoms with Crippen LogP contribution in [-0.2, 0) is 25.3 Å². The van der Waals surface area contributed by atoms with Gasteiger partial charge in [0, 0.05) is 30.6 Å². The van der Waals surface area contributed by atoms with E-state index in [9.17, 15) is 0 Å².